The first-order chi connectivity index (χ1) is 10.5. The fraction of sp³-hybridized carbons (Fsp3) is 0.200. The van der Waals surface area contributed by atoms with Gasteiger partial charge in [-0.25, -0.2) is 0 Å². The lowest BCUT2D eigenvalue weighted by molar-refractivity contribution is -0.137. The highest BCUT2D eigenvalue weighted by Gasteiger charge is 2.35. The fourth-order valence-corrected chi connectivity index (χ4v) is 3.44. The number of anilines is 1. The van der Waals surface area contributed by atoms with Gasteiger partial charge in [-0.2, -0.15) is 13.2 Å². The highest BCUT2D eigenvalue weighted by molar-refractivity contribution is 8.00. The summed E-state index contributed by atoms with van der Waals surface area (Å²) in [6.07, 6.45) is -1.09. The molecule has 2 heterocycles. The zero-order chi connectivity index (χ0) is 15.7. The summed E-state index contributed by atoms with van der Waals surface area (Å²) < 4.78 is 37.9. The van der Waals surface area contributed by atoms with Crippen LogP contribution in [0.25, 0.3) is 0 Å². The smallest absolute Gasteiger partial charge is 0.295 e. The normalized spacial score (nSPS) is 18.8. The van der Waals surface area contributed by atoms with Gasteiger partial charge in [0.15, 0.2) is 0 Å². The monoisotopic (exact) mass is 324 g/mol. The molecule has 0 spiro atoms. The van der Waals surface area contributed by atoms with E-state index >= 15 is 0 Å². The van der Waals surface area contributed by atoms with Crippen molar-refractivity contribution >= 4 is 23.4 Å². The first kappa shape index (κ1) is 14.9. The van der Waals surface area contributed by atoms with Gasteiger partial charge in [0.2, 0.25) is 5.91 Å². The predicted octanol–water partition coefficient (Wildman–Crippen LogP) is 3.88. The summed E-state index contributed by atoms with van der Waals surface area (Å²) in [5.74, 6) is 0.166. The van der Waals surface area contributed by atoms with Gasteiger partial charge < -0.3 is 0 Å². The molecule has 2 aromatic rings. The lowest BCUT2D eigenvalue weighted by Gasteiger charge is -2.24. The number of hydrogen-bond acceptors (Lipinski definition) is 3. The summed E-state index contributed by atoms with van der Waals surface area (Å²) in [7, 11) is 0. The molecule has 1 fully saturated rings. The minimum Gasteiger partial charge on any atom is -0.295 e. The highest BCUT2D eigenvalue weighted by Crippen LogP contribution is 2.42. The third-order valence-electron chi connectivity index (χ3n) is 3.31. The van der Waals surface area contributed by atoms with Crippen molar-refractivity contribution in [1.29, 1.82) is 0 Å². The molecule has 0 unspecified atom stereocenters. The van der Waals surface area contributed by atoms with Crippen LogP contribution in [0.5, 0.6) is 0 Å². The predicted molar refractivity (Wildman–Crippen MR) is 78.4 cm³/mol. The molecule has 1 aromatic carbocycles. The van der Waals surface area contributed by atoms with Crippen LogP contribution in [0.15, 0.2) is 48.8 Å². The Morgan fingerprint density at radius 2 is 1.91 bits per heavy atom. The first-order valence-electron chi connectivity index (χ1n) is 6.47. The van der Waals surface area contributed by atoms with Crippen molar-refractivity contribution in [1.82, 2.24) is 4.98 Å². The number of hydrogen-bond donors (Lipinski definition) is 0. The highest BCUT2D eigenvalue weighted by atomic mass is 32.2. The fourth-order valence-electron chi connectivity index (χ4n) is 2.28. The van der Waals surface area contributed by atoms with Crippen LogP contribution in [-0.4, -0.2) is 16.6 Å². The first-order valence-corrected chi connectivity index (χ1v) is 7.52. The largest absolute Gasteiger partial charge is 0.416 e. The van der Waals surface area contributed by atoms with Crippen LogP contribution in [0.1, 0.15) is 16.5 Å². The van der Waals surface area contributed by atoms with E-state index in [9.17, 15) is 18.0 Å². The number of pyridine rings is 1. The number of halogens is 3. The Bertz CT molecular complexity index is 673. The van der Waals surface area contributed by atoms with Crippen molar-refractivity contribution < 1.29 is 18.0 Å². The van der Waals surface area contributed by atoms with Crippen molar-refractivity contribution in [3.05, 3.63) is 59.9 Å². The van der Waals surface area contributed by atoms with E-state index in [1.807, 2.05) is 6.07 Å². The Balaban J connectivity index is 1.93. The van der Waals surface area contributed by atoms with Gasteiger partial charge in [0.25, 0.3) is 0 Å². The molecular weight excluding hydrogens is 313 g/mol. The molecule has 0 aliphatic carbocycles. The average Bonchev–Trinajstić information content (AvgIpc) is 2.89. The molecule has 3 rings (SSSR count). The molecule has 1 saturated heterocycles. The zero-order valence-corrected chi connectivity index (χ0v) is 12.1. The maximum Gasteiger partial charge on any atom is 0.416 e. The number of aromatic nitrogens is 1. The lowest BCUT2D eigenvalue weighted by Crippen LogP contribution is -2.27. The Kier molecular flexibility index (Phi) is 3.82. The van der Waals surface area contributed by atoms with Crippen LogP contribution < -0.4 is 4.90 Å². The number of amides is 1. The van der Waals surface area contributed by atoms with Crippen LogP contribution in [-0.2, 0) is 11.0 Å². The molecule has 1 aromatic heterocycles. The van der Waals surface area contributed by atoms with Crippen LogP contribution in [0.2, 0.25) is 0 Å². The molecule has 1 aliphatic rings. The SMILES string of the molecule is O=C1CS[C@@H](c2cccnc2)N1c1ccc(C(F)(F)F)cc1. The van der Waals surface area contributed by atoms with E-state index in [-0.39, 0.29) is 11.3 Å². The molecule has 3 nitrogen and oxygen atoms in total. The third kappa shape index (κ3) is 2.81. The molecule has 0 saturated carbocycles. The van der Waals surface area contributed by atoms with Crippen LogP contribution in [0.3, 0.4) is 0 Å². The molecule has 0 radical (unpaired) electrons. The third-order valence-corrected chi connectivity index (χ3v) is 4.52. The number of alkyl halides is 3. The van der Waals surface area contributed by atoms with E-state index in [4.69, 9.17) is 0 Å². The Morgan fingerprint density at radius 1 is 1.18 bits per heavy atom. The molecule has 114 valence electrons. The van der Waals surface area contributed by atoms with Crippen molar-refractivity contribution in [3.63, 3.8) is 0 Å². The molecule has 0 N–H and O–H groups in total. The summed E-state index contributed by atoms with van der Waals surface area (Å²) in [6, 6.07) is 8.26. The maximum atomic E-state index is 12.6. The van der Waals surface area contributed by atoms with Crippen molar-refractivity contribution in [2.75, 3.05) is 10.7 Å². The average molecular weight is 324 g/mol. The van der Waals surface area contributed by atoms with Gasteiger partial charge in [-0.15, -0.1) is 11.8 Å². The van der Waals surface area contributed by atoms with Gasteiger partial charge >= 0.3 is 6.18 Å². The molecule has 1 amide bonds. The van der Waals surface area contributed by atoms with Gasteiger partial charge in [0.05, 0.1) is 11.3 Å². The van der Waals surface area contributed by atoms with Crippen LogP contribution in [0.4, 0.5) is 18.9 Å². The van der Waals surface area contributed by atoms with E-state index in [0.717, 1.165) is 17.7 Å². The molecule has 1 aliphatic heterocycles. The summed E-state index contributed by atoms with van der Waals surface area (Å²) >= 11 is 1.43. The number of benzene rings is 1. The molecule has 1 atom stereocenters. The lowest BCUT2D eigenvalue weighted by atomic mass is 10.1. The Labute approximate surface area is 129 Å². The van der Waals surface area contributed by atoms with Crippen LogP contribution >= 0.6 is 11.8 Å². The van der Waals surface area contributed by atoms with Crippen molar-refractivity contribution in [3.8, 4) is 0 Å². The second kappa shape index (κ2) is 5.64. The van der Waals surface area contributed by atoms with Crippen LogP contribution in [0, 0.1) is 0 Å². The summed E-state index contributed by atoms with van der Waals surface area (Å²) in [5.41, 5.74) is 0.573. The van der Waals surface area contributed by atoms with E-state index in [1.54, 1.807) is 18.5 Å². The standard InChI is InChI=1S/C15H11F3N2OS/c16-15(17,18)11-3-5-12(6-4-11)20-13(21)9-22-14(20)10-2-1-7-19-8-10/h1-8,14H,9H2/t14-/m0/s1. The Hall–Kier alpha value is -2.02. The number of carbonyl (C=O) groups excluding carboxylic acids is 1. The maximum absolute atomic E-state index is 12.6. The van der Waals surface area contributed by atoms with Crippen molar-refractivity contribution in [2.24, 2.45) is 0 Å². The molecule has 22 heavy (non-hydrogen) atoms. The van der Waals surface area contributed by atoms with Crippen molar-refractivity contribution in [2.45, 2.75) is 11.6 Å². The second-order valence-electron chi connectivity index (χ2n) is 4.76. The number of carbonyl (C=O) groups is 1. The minimum absolute atomic E-state index is 0.126. The van der Waals surface area contributed by atoms with E-state index in [0.29, 0.717) is 11.4 Å². The van der Waals surface area contributed by atoms with Gasteiger partial charge in [-0.1, -0.05) is 6.07 Å². The van der Waals surface area contributed by atoms with E-state index in [2.05, 4.69) is 4.98 Å². The Morgan fingerprint density at radius 3 is 2.50 bits per heavy atom. The molecule has 7 heteroatoms. The van der Waals surface area contributed by atoms with Gasteiger partial charge in [-0.05, 0) is 30.3 Å². The number of nitrogens with zero attached hydrogens (tertiary/aromatic N) is 2. The van der Waals surface area contributed by atoms with E-state index in [1.165, 1.54) is 28.8 Å². The number of thioether (sulfide) groups is 1. The quantitative estimate of drug-likeness (QED) is 0.840. The molecule has 0 bridgehead atoms. The second-order valence-corrected chi connectivity index (χ2v) is 5.83. The summed E-state index contributed by atoms with van der Waals surface area (Å²) in [6.45, 7) is 0. The van der Waals surface area contributed by atoms with E-state index < -0.39 is 11.7 Å². The minimum atomic E-state index is -4.38. The molecular formula is C15H11F3N2OS. The van der Waals surface area contributed by atoms with Gasteiger partial charge in [0, 0.05) is 23.6 Å². The number of rotatable bonds is 2. The summed E-state index contributed by atoms with van der Waals surface area (Å²) in [5, 5.41) is -0.266. The topological polar surface area (TPSA) is 33.2 Å². The van der Waals surface area contributed by atoms with Gasteiger partial charge in [-0.3, -0.25) is 14.7 Å². The van der Waals surface area contributed by atoms with Gasteiger partial charge in [0.1, 0.15) is 5.37 Å². The summed E-state index contributed by atoms with van der Waals surface area (Å²) in [4.78, 5) is 17.6. The zero-order valence-electron chi connectivity index (χ0n) is 11.2.